The van der Waals surface area contributed by atoms with Crippen LogP contribution in [-0.4, -0.2) is 6.10 Å². The third-order valence-corrected chi connectivity index (χ3v) is 4.05. The van der Waals surface area contributed by atoms with Crippen molar-refractivity contribution < 1.29 is 4.74 Å². The van der Waals surface area contributed by atoms with Crippen molar-refractivity contribution in [3.8, 4) is 5.75 Å². The molecule has 2 aromatic carbocycles. The van der Waals surface area contributed by atoms with Crippen molar-refractivity contribution in [1.82, 2.24) is 0 Å². The summed E-state index contributed by atoms with van der Waals surface area (Å²) in [5.74, 6) is 0.912. The lowest BCUT2D eigenvalue weighted by molar-refractivity contribution is 0.242. The standard InChI is InChI=1S/C17H18BrClO/c1-12(2)20-16-9-5-14(6-10-16)17(18)11-13-3-7-15(19)8-4-13/h3-10,12,17H,11H2,1-2H3. The van der Waals surface area contributed by atoms with Crippen LogP contribution in [0.4, 0.5) is 0 Å². The van der Waals surface area contributed by atoms with Crippen LogP contribution in [-0.2, 0) is 6.42 Å². The third kappa shape index (κ3) is 4.53. The molecule has 106 valence electrons. The van der Waals surface area contributed by atoms with Gasteiger partial charge in [-0.2, -0.15) is 0 Å². The Morgan fingerprint density at radius 3 is 2.15 bits per heavy atom. The minimum Gasteiger partial charge on any atom is -0.491 e. The van der Waals surface area contributed by atoms with E-state index in [9.17, 15) is 0 Å². The molecule has 0 spiro atoms. The van der Waals surface area contributed by atoms with Gasteiger partial charge in [-0.3, -0.25) is 0 Å². The van der Waals surface area contributed by atoms with E-state index in [0.717, 1.165) is 17.2 Å². The molecule has 3 heteroatoms. The molecule has 0 aromatic heterocycles. The first kappa shape index (κ1) is 15.4. The molecule has 0 N–H and O–H groups in total. The Bertz CT molecular complexity index is 534. The lowest BCUT2D eigenvalue weighted by atomic mass is 10.0. The van der Waals surface area contributed by atoms with Gasteiger partial charge >= 0.3 is 0 Å². The average Bonchev–Trinajstić information content (AvgIpc) is 2.41. The second-order valence-corrected chi connectivity index (χ2v) is 6.58. The molecule has 0 aliphatic carbocycles. The Balaban J connectivity index is 2.01. The largest absolute Gasteiger partial charge is 0.491 e. The van der Waals surface area contributed by atoms with E-state index in [2.05, 4.69) is 40.2 Å². The van der Waals surface area contributed by atoms with Gasteiger partial charge in [0.25, 0.3) is 0 Å². The number of alkyl halides is 1. The van der Waals surface area contributed by atoms with Crippen LogP contribution in [0.1, 0.15) is 29.8 Å². The Kier molecular flexibility index (Phi) is 5.50. The number of hydrogen-bond donors (Lipinski definition) is 0. The predicted octanol–water partition coefficient (Wildman–Crippen LogP) is 5.81. The zero-order chi connectivity index (χ0) is 14.5. The fraction of sp³-hybridized carbons (Fsp3) is 0.294. The first-order valence-corrected chi connectivity index (χ1v) is 7.99. The van der Waals surface area contributed by atoms with Crippen LogP contribution < -0.4 is 4.74 Å². The van der Waals surface area contributed by atoms with Crippen molar-refractivity contribution in [1.29, 1.82) is 0 Å². The summed E-state index contributed by atoms with van der Waals surface area (Å²) in [7, 11) is 0. The predicted molar refractivity (Wildman–Crippen MR) is 89.0 cm³/mol. The molecule has 2 aromatic rings. The normalized spacial score (nSPS) is 12.4. The summed E-state index contributed by atoms with van der Waals surface area (Å²) in [5.41, 5.74) is 2.51. The van der Waals surface area contributed by atoms with E-state index in [4.69, 9.17) is 16.3 Å². The average molecular weight is 354 g/mol. The minimum atomic E-state index is 0.203. The second-order valence-electron chi connectivity index (χ2n) is 5.03. The van der Waals surface area contributed by atoms with E-state index < -0.39 is 0 Å². The van der Waals surface area contributed by atoms with Gasteiger partial charge in [-0.05, 0) is 55.7 Å². The van der Waals surface area contributed by atoms with E-state index in [1.54, 1.807) is 0 Å². The Labute approximate surface area is 134 Å². The number of benzene rings is 2. The highest BCUT2D eigenvalue weighted by molar-refractivity contribution is 9.09. The van der Waals surface area contributed by atoms with Gasteiger partial charge in [0.1, 0.15) is 5.75 Å². The molecule has 0 fully saturated rings. The fourth-order valence-electron chi connectivity index (χ4n) is 1.97. The van der Waals surface area contributed by atoms with Gasteiger partial charge in [0.05, 0.1) is 6.10 Å². The van der Waals surface area contributed by atoms with Crippen LogP contribution in [0.15, 0.2) is 48.5 Å². The Morgan fingerprint density at radius 1 is 1.00 bits per heavy atom. The van der Waals surface area contributed by atoms with Crippen LogP contribution >= 0.6 is 27.5 Å². The molecule has 1 nitrogen and oxygen atoms in total. The molecule has 1 unspecified atom stereocenters. The maximum atomic E-state index is 5.90. The maximum Gasteiger partial charge on any atom is 0.119 e. The SMILES string of the molecule is CC(C)Oc1ccc(C(Br)Cc2ccc(Cl)cc2)cc1. The molecular formula is C17H18BrClO. The summed E-state index contributed by atoms with van der Waals surface area (Å²) in [4.78, 5) is 0.289. The lowest BCUT2D eigenvalue weighted by Crippen LogP contribution is -2.05. The van der Waals surface area contributed by atoms with Crippen molar-refractivity contribution in [3.63, 3.8) is 0 Å². The van der Waals surface area contributed by atoms with Crippen molar-refractivity contribution >= 4 is 27.5 Å². The highest BCUT2D eigenvalue weighted by Gasteiger charge is 2.09. The highest BCUT2D eigenvalue weighted by Crippen LogP contribution is 2.29. The molecule has 2 rings (SSSR count). The molecule has 20 heavy (non-hydrogen) atoms. The quantitative estimate of drug-likeness (QED) is 0.617. The number of ether oxygens (including phenoxy) is 1. The summed E-state index contributed by atoms with van der Waals surface area (Å²) in [6.45, 7) is 4.06. The van der Waals surface area contributed by atoms with E-state index in [1.165, 1.54) is 11.1 Å². The van der Waals surface area contributed by atoms with Crippen LogP contribution in [0.3, 0.4) is 0 Å². The van der Waals surface area contributed by atoms with Gasteiger partial charge in [0, 0.05) is 9.85 Å². The van der Waals surface area contributed by atoms with Gasteiger partial charge in [0.15, 0.2) is 0 Å². The van der Waals surface area contributed by atoms with Gasteiger partial charge < -0.3 is 4.74 Å². The molecule has 0 amide bonds. The topological polar surface area (TPSA) is 9.23 Å². The minimum absolute atomic E-state index is 0.203. The van der Waals surface area contributed by atoms with Crippen molar-refractivity contribution in [2.45, 2.75) is 31.2 Å². The molecule has 1 atom stereocenters. The molecule has 0 aliphatic rings. The van der Waals surface area contributed by atoms with Gasteiger partial charge in [0.2, 0.25) is 0 Å². The first-order valence-electron chi connectivity index (χ1n) is 6.69. The second kappa shape index (κ2) is 7.14. The van der Waals surface area contributed by atoms with Crippen LogP contribution in [0.2, 0.25) is 5.02 Å². The van der Waals surface area contributed by atoms with Crippen molar-refractivity contribution in [2.24, 2.45) is 0 Å². The first-order chi connectivity index (χ1) is 9.54. The molecule has 0 aliphatic heterocycles. The Hall–Kier alpha value is -0.990. The number of halogens is 2. The Morgan fingerprint density at radius 2 is 1.60 bits per heavy atom. The number of hydrogen-bond acceptors (Lipinski definition) is 1. The van der Waals surface area contributed by atoms with Gasteiger partial charge in [-0.15, -0.1) is 0 Å². The zero-order valence-electron chi connectivity index (χ0n) is 11.6. The van der Waals surface area contributed by atoms with E-state index in [1.807, 2.05) is 38.1 Å². The van der Waals surface area contributed by atoms with E-state index >= 15 is 0 Å². The van der Waals surface area contributed by atoms with Crippen LogP contribution in [0.5, 0.6) is 5.75 Å². The van der Waals surface area contributed by atoms with E-state index in [0.29, 0.717) is 0 Å². The maximum absolute atomic E-state index is 5.90. The summed E-state index contributed by atoms with van der Waals surface area (Å²) in [6.07, 6.45) is 1.14. The molecular weight excluding hydrogens is 336 g/mol. The van der Waals surface area contributed by atoms with Gasteiger partial charge in [-0.25, -0.2) is 0 Å². The molecule has 0 saturated heterocycles. The molecule has 0 bridgehead atoms. The lowest BCUT2D eigenvalue weighted by Gasteiger charge is -2.13. The summed E-state index contributed by atoms with van der Waals surface area (Å²) in [5, 5.41) is 0.773. The fourth-order valence-corrected chi connectivity index (χ4v) is 2.78. The summed E-state index contributed by atoms with van der Waals surface area (Å²) >= 11 is 9.64. The molecule has 0 heterocycles. The smallest absolute Gasteiger partial charge is 0.119 e. The highest BCUT2D eigenvalue weighted by atomic mass is 79.9. The van der Waals surface area contributed by atoms with Crippen LogP contribution in [0, 0.1) is 0 Å². The van der Waals surface area contributed by atoms with Gasteiger partial charge in [-0.1, -0.05) is 51.8 Å². The molecule has 0 saturated carbocycles. The summed E-state index contributed by atoms with van der Waals surface area (Å²) < 4.78 is 5.65. The summed E-state index contributed by atoms with van der Waals surface area (Å²) in [6, 6.07) is 16.2. The van der Waals surface area contributed by atoms with Crippen molar-refractivity contribution in [2.75, 3.05) is 0 Å². The van der Waals surface area contributed by atoms with Crippen LogP contribution in [0.25, 0.3) is 0 Å². The van der Waals surface area contributed by atoms with Crippen molar-refractivity contribution in [3.05, 3.63) is 64.7 Å². The van der Waals surface area contributed by atoms with E-state index in [-0.39, 0.29) is 10.9 Å². The molecule has 0 radical (unpaired) electrons. The monoisotopic (exact) mass is 352 g/mol. The zero-order valence-corrected chi connectivity index (χ0v) is 14.0. The third-order valence-electron chi connectivity index (χ3n) is 2.94. The number of rotatable bonds is 5.